The van der Waals surface area contributed by atoms with Gasteiger partial charge in [0.25, 0.3) is 10.0 Å². The zero-order valence-corrected chi connectivity index (χ0v) is 15.6. The molecule has 0 saturated carbocycles. The maximum atomic E-state index is 12.7. The maximum absolute atomic E-state index is 12.7. The van der Waals surface area contributed by atoms with Gasteiger partial charge in [-0.05, 0) is 61.7 Å². The molecule has 132 valence electrons. The van der Waals surface area contributed by atoms with Gasteiger partial charge in [-0.2, -0.15) is 0 Å². The van der Waals surface area contributed by atoms with E-state index in [0.717, 1.165) is 17.7 Å². The van der Waals surface area contributed by atoms with E-state index in [1.165, 1.54) is 6.07 Å². The zero-order chi connectivity index (χ0) is 18.2. The molecule has 0 radical (unpaired) electrons. The summed E-state index contributed by atoms with van der Waals surface area (Å²) in [7, 11) is -3.74. The molecule has 1 amide bonds. The molecule has 0 bridgehead atoms. The summed E-state index contributed by atoms with van der Waals surface area (Å²) >= 11 is 6.05. The van der Waals surface area contributed by atoms with E-state index in [-0.39, 0.29) is 10.8 Å². The van der Waals surface area contributed by atoms with E-state index in [2.05, 4.69) is 4.72 Å². The van der Waals surface area contributed by atoms with Crippen LogP contribution in [0.3, 0.4) is 0 Å². The van der Waals surface area contributed by atoms with Crippen LogP contribution in [-0.2, 0) is 14.8 Å². The van der Waals surface area contributed by atoms with Gasteiger partial charge in [-0.3, -0.25) is 9.52 Å². The van der Waals surface area contributed by atoms with Gasteiger partial charge in [-0.15, -0.1) is 0 Å². The van der Waals surface area contributed by atoms with Gasteiger partial charge < -0.3 is 4.90 Å². The van der Waals surface area contributed by atoms with Crippen LogP contribution < -0.4 is 9.62 Å². The molecular weight excluding hydrogens is 360 g/mol. The predicted molar refractivity (Wildman–Crippen MR) is 99.8 cm³/mol. The lowest BCUT2D eigenvalue weighted by molar-refractivity contribution is -0.117. The van der Waals surface area contributed by atoms with Gasteiger partial charge in [0.2, 0.25) is 5.91 Å². The van der Waals surface area contributed by atoms with Crippen molar-refractivity contribution in [1.29, 1.82) is 0 Å². The number of rotatable bonds is 4. The molecule has 1 saturated heterocycles. The summed E-state index contributed by atoms with van der Waals surface area (Å²) in [5, 5.41) is 0.499. The van der Waals surface area contributed by atoms with E-state index in [1.807, 2.05) is 6.92 Å². The Labute approximate surface area is 152 Å². The van der Waals surface area contributed by atoms with Crippen molar-refractivity contribution in [2.24, 2.45) is 0 Å². The Morgan fingerprint density at radius 2 is 1.92 bits per heavy atom. The minimum absolute atomic E-state index is 0.0754. The molecule has 0 unspecified atom stereocenters. The van der Waals surface area contributed by atoms with Crippen LogP contribution in [-0.4, -0.2) is 20.9 Å². The van der Waals surface area contributed by atoms with Crippen molar-refractivity contribution in [3.63, 3.8) is 0 Å². The predicted octanol–water partition coefficient (Wildman–Crippen LogP) is 3.88. The molecule has 2 aromatic rings. The largest absolute Gasteiger partial charge is 0.312 e. The third-order valence-electron chi connectivity index (χ3n) is 4.35. The SMILES string of the molecule is Cc1cc(S(=O)(=O)Nc2cccc(Cl)c2C)ccc1N1CCCC1=O. The average Bonchev–Trinajstić information content (AvgIpc) is 2.97. The van der Waals surface area contributed by atoms with Crippen LogP contribution in [0.5, 0.6) is 0 Å². The molecule has 0 aliphatic carbocycles. The number of amides is 1. The van der Waals surface area contributed by atoms with Crippen molar-refractivity contribution >= 4 is 38.9 Å². The van der Waals surface area contributed by atoms with Gasteiger partial charge in [0, 0.05) is 23.7 Å². The van der Waals surface area contributed by atoms with Gasteiger partial charge in [0.15, 0.2) is 0 Å². The van der Waals surface area contributed by atoms with E-state index in [1.54, 1.807) is 42.2 Å². The molecule has 0 aromatic heterocycles. The number of nitrogens with zero attached hydrogens (tertiary/aromatic N) is 1. The van der Waals surface area contributed by atoms with Crippen molar-refractivity contribution in [2.75, 3.05) is 16.2 Å². The summed E-state index contributed by atoms with van der Waals surface area (Å²) in [4.78, 5) is 13.8. The third kappa shape index (κ3) is 3.50. The van der Waals surface area contributed by atoms with E-state index < -0.39 is 10.0 Å². The highest BCUT2D eigenvalue weighted by Crippen LogP contribution is 2.29. The number of benzene rings is 2. The van der Waals surface area contributed by atoms with E-state index in [9.17, 15) is 13.2 Å². The van der Waals surface area contributed by atoms with Crippen molar-refractivity contribution in [1.82, 2.24) is 0 Å². The first-order valence-electron chi connectivity index (χ1n) is 7.98. The first-order valence-corrected chi connectivity index (χ1v) is 9.84. The monoisotopic (exact) mass is 378 g/mol. The molecule has 1 aliphatic rings. The van der Waals surface area contributed by atoms with Gasteiger partial charge in [-0.1, -0.05) is 17.7 Å². The first-order chi connectivity index (χ1) is 11.8. The number of aryl methyl sites for hydroxylation is 1. The lowest BCUT2D eigenvalue weighted by Crippen LogP contribution is -2.24. The Morgan fingerprint density at radius 1 is 1.16 bits per heavy atom. The highest BCUT2D eigenvalue weighted by molar-refractivity contribution is 7.92. The molecule has 1 fully saturated rings. The fourth-order valence-corrected chi connectivity index (χ4v) is 4.30. The van der Waals surface area contributed by atoms with Crippen molar-refractivity contribution in [3.05, 3.63) is 52.5 Å². The smallest absolute Gasteiger partial charge is 0.261 e. The van der Waals surface area contributed by atoms with Crippen LogP contribution in [0.15, 0.2) is 41.3 Å². The Morgan fingerprint density at radius 3 is 2.56 bits per heavy atom. The fraction of sp³-hybridized carbons (Fsp3) is 0.278. The summed E-state index contributed by atoms with van der Waals surface area (Å²) in [6.45, 7) is 4.24. The number of hydrogen-bond acceptors (Lipinski definition) is 3. The lowest BCUT2D eigenvalue weighted by atomic mass is 10.2. The molecule has 3 rings (SSSR count). The Hall–Kier alpha value is -2.05. The van der Waals surface area contributed by atoms with Crippen LogP contribution in [0.2, 0.25) is 5.02 Å². The second-order valence-corrected chi connectivity index (χ2v) is 8.20. The molecule has 25 heavy (non-hydrogen) atoms. The summed E-state index contributed by atoms with van der Waals surface area (Å²) in [6.07, 6.45) is 1.36. The van der Waals surface area contributed by atoms with Gasteiger partial charge in [-0.25, -0.2) is 8.42 Å². The van der Waals surface area contributed by atoms with Gasteiger partial charge in [0.05, 0.1) is 10.6 Å². The second kappa shape index (κ2) is 6.69. The molecule has 5 nitrogen and oxygen atoms in total. The molecule has 0 atom stereocenters. The van der Waals surface area contributed by atoms with E-state index in [4.69, 9.17) is 11.6 Å². The molecule has 1 heterocycles. The number of halogens is 1. The lowest BCUT2D eigenvalue weighted by Gasteiger charge is -2.19. The standard InChI is InChI=1S/C18H19ClN2O3S/c1-12-11-14(8-9-17(12)21-10-4-7-18(21)22)25(23,24)20-16-6-3-5-15(19)13(16)2/h3,5-6,8-9,11,20H,4,7,10H2,1-2H3. The minimum atomic E-state index is -3.74. The molecule has 1 N–H and O–H groups in total. The number of carbonyl (C=O) groups is 1. The summed E-state index contributed by atoms with van der Waals surface area (Å²) < 4.78 is 27.9. The number of hydrogen-bond donors (Lipinski definition) is 1. The highest BCUT2D eigenvalue weighted by Gasteiger charge is 2.24. The minimum Gasteiger partial charge on any atom is -0.312 e. The Kier molecular flexibility index (Phi) is 4.75. The number of nitrogens with one attached hydrogen (secondary N) is 1. The summed E-state index contributed by atoms with van der Waals surface area (Å²) in [5.41, 5.74) is 2.63. The summed E-state index contributed by atoms with van der Waals surface area (Å²) in [5.74, 6) is 0.0754. The molecular formula is C18H19ClN2O3S. The van der Waals surface area contributed by atoms with Crippen molar-refractivity contribution < 1.29 is 13.2 Å². The topological polar surface area (TPSA) is 66.5 Å². The second-order valence-electron chi connectivity index (χ2n) is 6.12. The zero-order valence-electron chi connectivity index (χ0n) is 14.0. The molecule has 1 aliphatic heterocycles. The number of sulfonamides is 1. The number of anilines is 2. The quantitative estimate of drug-likeness (QED) is 0.877. The van der Waals surface area contributed by atoms with Crippen LogP contribution >= 0.6 is 11.6 Å². The third-order valence-corrected chi connectivity index (χ3v) is 6.13. The van der Waals surface area contributed by atoms with Crippen molar-refractivity contribution in [2.45, 2.75) is 31.6 Å². The maximum Gasteiger partial charge on any atom is 0.261 e. The van der Waals surface area contributed by atoms with Gasteiger partial charge in [0.1, 0.15) is 0 Å². The van der Waals surface area contributed by atoms with Crippen LogP contribution in [0.1, 0.15) is 24.0 Å². The van der Waals surface area contributed by atoms with E-state index in [0.29, 0.717) is 29.2 Å². The van der Waals surface area contributed by atoms with Crippen LogP contribution in [0.25, 0.3) is 0 Å². The average molecular weight is 379 g/mol. The Bertz CT molecular complexity index is 941. The molecule has 0 spiro atoms. The Balaban J connectivity index is 1.91. The summed E-state index contributed by atoms with van der Waals surface area (Å²) in [6, 6.07) is 9.88. The van der Waals surface area contributed by atoms with Crippen molar-refractivity contribution in [3.8, 4) is 0 Å². The molecule has 2 aromatic carbocycles. The van der Waals surface area contributed by atoms with Crippen LogP contribution in [0.4, 0.5) is 11.4 Å². The number of carbonyl (C=O) groups excluding carboxylic acids is 1. The van der Waals surface area contributed by atoms with Gasteiger partial charge >= 0.3 is 0 Å². The first kappa shape index (κ1) is 17.8. The van der Waals surface area contributed by atoms with E-state index >= 15 is 0 Å². The fourth-order valence-electron chi connectivity index (χ4n) is 2.92. The van der Waals surface area contributed by atoms with Crippen LogP contribution in [0, 0.1) is 13.8 Å². The highest BCUT2D eigenvalue weighted by atomic mass is 35.5. The molecule has 7 heteroatoms. The normalized spacial score (nSPS) is 14.8.